The highest BCUT2D eigenvalue weighted by Crippen LogP contribution is 2.40. The molecule has 2 bridgehead atoms. The van der Waals surface area contributed by atoms with E-state index in [0.29, 0.717) is 31.7 Å². The summed E-state index contributed by atoms with van der Waals surface area (Å²) < 4.78 is 6.29. The lowest BCUT2D eigenvalue weighted by atomic mass is 9.97. The van der Waals surface area contributed by atoms with Crippen LogP contribution in [-0.4, -0.2) is 82.2 Å². The van der Waals surface area contributed by atoms with E-state index in [0.717, 1.165) is 70.8 Å². The van der Waals surface area contributed by atoms with Crippen molar-refractivity contribution in [2.24, 2.45) is 0 Å². The van der Waals surface area contributed by atoms with E-state index in [1.807, 2.05) is 29.2 Å². The number of carbonyl (C=O) groups excluding carboxylic acids is 1. The van der Waals surface area contributed by atoms with Gasteiger partial charge in [0.25, 0.3) is 0 Å². The van der Waals surface area contributed by atoms with E-state index in [4.69, 9.17) is 20.0 Å². The number of rotatable bonds is 6. The Morgan fingerprint density at radius 2 is 1.86 bits per heavy atom. The zero-order chi connectivity index (χ0) is 28.8. The maximum atomic E-state index is 12.6. The number of likely N-dealkylation sites (N-methyl/N-ethyl adjacent to an activating group) is 1. The van der Waals surface area contributed by atoms with Gasteiger partial charge in [-0.1, -0.05) is 30.3 Å². The van der Waals surface area contributed by atoms with Gasteiger partial charge in [-0.3, -0.25) is 4.79 Å². The molecule has 3 atom stereocenters. The average Bonchev–Trinajstić information content (AvgIpc) is 3.52. The van der Waals surface area contributed by atoms with Crippen LogP contribution < -0.4 is 9.64 Å². The number of aromatic nitrogens is 2. The van der Waals surface area contributed by atoms with Gasteiger partial charge in [0.2, 0.25) is 5.91 Å². The summed E-state index contributed by atoms with van der Waals surface area (Å²) in [5.74, 6) is 0.952. The molecule has 0 aliphatic carbocycles. The van der Waals surface area contributed by atoms with Gasteiger partial charge in [-0.15, -0.1) is 0 Å². The molecule has 4 aromatic rings. The van der Waals surface area contributed by atoms with Crippen molar-refractivity contribution in [3.05, 3.63) is 54.6 Å². The lowest BCUT2D eigenvalue weighted by molar-refractivity contribution is -0.131. The molecule has 1 aromatic heterocycles. The Bertz CT molecular complexity index is 1700. The summed E-state index contributed by atoms with van der Waals surface area (Å²) >= 11 is 0. The minimum absolute atomic E-state index is 0.0873. The van der Waals surface area contributed by atoms with Crippen LogP contribution in [0.15, 0.2) is 54.6 Å². The minimum atomic E-state index is -0.103. The molecule has 1 amide bonds. The number of aromatic hydroxyl groups is 1. The lowest BCUT2D eigenvalue weighted by Gasteiger charge is -2.42. The molecule has 3 fully saturated rings. The summed E-state index contributed by atoms with van der Waals surface area (Å²) in [4.78, 5) is 29.0. The lowest BCUT2D eigenvalue weighted by Crippen LogP contribution is -2.55. The summed E-state index contributed by atoms with van der Waals surface area (Å²) in [5, 5.41) is 22.5. The van der Waals surface area contributed by atoms with Crippen LogP contribution in [0.4, 0.5) is 5.82 Å². The van der Waals surface area contributed by atoms with Gasteiger partial charge in [-0.05, 0) is 85.4 Å². The number of benzene rings is 3. The number of nitrogens with zero attached hydrogens (tertiary/aromatic N) is 6. The number of nitriles is 1. The Morgan fingerprint density at radius 3 is 2.62 bits per heavy atom. The molecule has 9 heteroatoms. The van der Waals surface area contributed by atoms with Crippen LogP contribution in [0.2, 0.25) is 0 Å². The third-order valence-electron chi connectivity index (χ3n) is 9.20. The van der Waals surface area contributed by atoms with Gasteiger partial charge in [-0.2, -0.15) is 15.2 Å². The number of phenols is 1. The van der Waals surface area contributed by atoms with Crippen molar-refractivity contribution in [2.45, 2.75) is 50.2 Å². The molecular formula is C33H34N6O3. The molecule has 0 spiro atoms. The van der Waals surface area contributed by atoms with Crippen molar-refractivity contribution >= 4 is 33.4 Å². The number of piperazine rings is 1. The van der Waals surface area contributed by atoms with Gasteiger partial charge in [-0.25, -0.2) is 0 Å². The molecular weight excluding hydrogens is 528 g/mol. The van der Waals surface area contributed by atoms with Crippen molar-refractivity contribution in [3.63, 3.8) is 0 Å². The third kappa shape index (κ3) is 4.76. The highest BCUT2D eigenvalue weighted by molar-refractivity contribution is 6.01. The van der Waals surface area contributed by atoms with Crippen molar-refractivity contribution in [1.29, 1.82) is 5.26 Å². The molecule has 214 valence electrons. The zero-order valence-electron chi connectivity index (χ0n) is 23.7. The molecule has 0 saturated carbocycles. The number of hydrogen-bond acceptors (Lipinski definition) is 8. The molecule has 3 saturated heterocycles. The minimum Gasteiger partial charge on any atom is -0.508 e. The van der Waals surface area contributed by atoms with E-state index < -0.39 is 0 Å². The van der Waals surface area contributed by atoms with E-state index in [1.54, 1.807) is 12.1 Å². The first-order valence-electron chi connectivity index (χ1n) is 14.8. The van der Waals surface area contributed by atoms with Gasteiger partial charge in [0.05, 0.1) is 11.6 Å². The predicted octanol–water partition coefficient (Wildman–Crippen LogP) is 4.72. The molecule has 0 unspecified atom stereocenters. The Kier molecular flexibility index (Phi) is 6.79. The first-order valence-corrected chi connectivity index (χ1v) is 14.8. The van der Waals surface area contributed by atoms with Gasteiger partial charge in [0, 0.05) is 36.6 Å². The van der Waals surface area contributed by atoms with E-state index in [-0.39, 0.29) is 30.2 Å². The first-order chi connectivity index (χ1) is 20.5. The van der Waals surface area contributed by atoms with Crippen LogP contribution in [-0.2, 0) is 4.79 Å². The van der Waals surface area contributed by atoms with E-state index in [1.165, 1.54) is 0 Å². The van der Waals surface area contributed by atoms with Crippen LogP contribution >= 0.6 is 0 Å². The average molecular weight is 563 g/mol. The fourth-order valence-electron chi connectivity index (χ4n) is 7.05. The highest BCUT2D eigenvalue weighted by atomic mass is 16.5. The van der Waals surface area contributed by atoms with E-state index in [9.17, 15) is 9.90 Å². The number of likely N-dealkylation sites (tertiary alicyclic amines) is 2. The molecule has 0 radical (unpaired) electrons. The van der Waals surface area contributed by atoms with Crippen molar-refractivity contribution in [2.75, 3.05) is 38.2 Å². The predicted molar refractivity (Wildman–Crippen MR) is 161 cm³/mol. The van der Waals surface area contributed by atoms with Crippen LogP contribution in [0.25, 0.3) is 32.8 Å². The topological polar surface area (TPSA) is 106 Å². The first kappa shape index (κ1) is 26.5. The summed E-state index contributed by atoms with van der Waals surface area (Å²) in [6.45, 7) is 2.76. The molecule has 3 aromatic carbocycles. The Morgan fingerprint density at radius 1 is 1.05 bits per heavy atom. The molecule has 3 aliphatic rings. The molecule has 42 heavy (non-hydrogen) atoms. The van der Waals surface area contributed by atoms with Crippen LogP contribution in [0.1, 0.15) is 32.1 Å². The number of phenolic OH excluding ortho intramolecular Hbond substituents is 1. The second kappa shape index (κ2) is 10.8. The smallest absolute Gasteiger partial charge is 0.319 e. The molecule has 9 nitrogen and oxygen atoms in total. The normalized spacial score (nSPS) is 22.1. The quantitative estimate of drug-likeness (QED) is 0.360. The highest BCUT2D eigenvalue weighted by Gasteiger charge is 2.42. The Labute approximate surface area is 244 Å². The maximum Gasteiger partial charge on any atom is 0.319 e. The fraction of sp³-hybridized carbons (Fsp3) is 0.394. The van der Waals surface area contributed by atoms with E-state index in [2.05, 4.69) is 41.1 Å². The largest absolute Gasteiger partial charge is 0.508 e. The second-order valence-corrected chi connectivity index (χ2v) is 11.8. The van der Waals surface area contributed by atoms with Crippen LogP contribution in [0.5, 0.6) is 11.8 Å². The SMILES string of the molecule is CN1CCC[C@H]1COc1nc(N2[C@@H]3CC[C@H]2CN(C(=O)CC#N)C3)c2ccc(-c3cc(O)cc4ccccc34)cc2n1. The molecule has 7 rings (SSSR count). The molecule has 3 aliphatic heterocycles. The van der Waals surface area contributed by atoms with Crippen molar-refractivity contribution < 1.29 is 14.6 Å². The van der Waals surface area contributed by atoms with Gasteiger partial charge in [0.15, 0.2) is 0 Å². The number of ether oxygens (including phenoxy) is 1. The van der Waals surface area contributed by atoms with Gasteiger partial charge in [0.1, 0.15) is 24.6 Å². The summed E-state index contributed by atoms with van der Waals surface area (Å²) in [5.41, 5.74) is 2.67. The number of amides is 1. The number of hydrogen-bond donors (Lipinski definition) is 1. The second-order valence-electron chi connectivity index (χ2n) is 11.8. The number of fused-ring (bicyclic) bond motifs is 4. The number of carbonyl (C=O) groups is 1. The third-order valence-corrected chi connectivity index (χ3v) is 9.20. The Balaban J connectivity index is 1.30. The Hall–Kier alpha value is -4.42. The van der Waals surface area contributed by atoms with Gasteiger partial charge >= 0.3 is 6.01 Å². The van der Waals surface area contributed by atoms with Gasteiger partial charge < -0.3 is 24.5 Å². The van der Waals surface area contributed by atoms with Crippen molar-refractivity contribution in [1.82, 2.24) is 19.8 Å². The molecule has 4 heterocycles. The summed E-state index contributed by atoms with van der Waals surface area (Å²) in [6, 6.07) is 20.8. The van der Waals surface area contributed by atoms with E-state index >= 15 is 0 Å². The summed E-state index contributed by atoms with van der Waals surface area (Å²) in [7, 11) is 2.13. The van der Waals surface area contributed by atoms with Crippen molar-refractivity contribution in [3.8, 4) is 29.0 Å². The standard InChI is InChI=1S/C33H34N6O3/c1-37-14-4-6-25(37)20-42-33-35-30-16-22(29-17-26(40)15-21-5-2-3-7-27(21)29)8-11-28(30)32(36-33)39-23-9-10-24(39)19-38(18-23)31(41)12-13-34/h2-3,5,7-8,11,15-17,23-25,40H,4,6,9-10,12,14,18-20H2,1H3/t23-,24+,25-/m0/s1. The fourth-order valence-corrected chi connectivity index (χ4v) is 7.05. The summed E-state index contributed by atoms with van der Waals surface area (Å²) in [6.07, 6.45) is 4.09. The van der Waals surface area contributed by atoms with Crippen LogP contribution in [0.3, 0.4) is 0 Å². The van der Waals surface area contributed by atoms with Crippen LogP contribution in [0, 0.1) is 11.3 Å². The molecule has 1 N–H and O–H groups in total. The zero-order valence-corrected chi connectivity index (χ0v) is 23.7. The number of anilines is 1. The monoisotopic (exact) mass is 562 g/mol. The maximum absolute atomic E-state index is 12.6.